The molecule has 2 atom stereocenters. The number of rotatable bonds is 12. The normalized spacial score (nSPS) is 17.5. The predicted octanol–water partition coefficient (Wildman–Crippen LogP) is 4.79. The Morgan fingerprint density at radius 3 is 2.42 bits per heavy atom. The maximum atomic E-state index is 13.8. The minimum Gasteiger partial charge on any atom is -0.496 e. The van der Waals surface area contributed by atoms with Crippen LogP contribution in [0.1, 0.15) is 36.8 Å². The zero-order valence-electron chi connectivity index (χ0n) is 23.5. The van der Waals surface area contributed by atoms with Crippen molar-refractivity contribution in [3.8, 4) is 16.9 Å². The van der Waals surface area contributed by atoms with Gasteiger partial charge in [0.25, 0.3) is 0 Å². The number of benzene rings is 3. The Labute approximate surface area is 238 Å². The summed E-state index contributed by atoms with van der Waals surface area (Å²) >= 11 is 0. The van der Waals surface area contributed by atoms with Crippen molar-refractivity contribution in [1.29, 1.82) is 0 Å². The Morgan fingerprint density at radius 2 is 1.70 bits per heavy atom. The van der Waals surface area contributed by atoms with Crippen molar-refractivity contribution in [3.63, 3.8) is 0 Å². The number of para-hydroxylation sites is 1. The first-order valence-electron chi connectivity index (χ1n) is 14.1. The van der Waals surface area contributed by atoms with E-state index in [1.807, 2.05) is 67.6 Å². The first-order chi connectivity index (χ1) is 19.3. The third-order valence-electron chi connectivity index (χ3n) is 7.90. The van der Waals surface area contributed by atoms with E-state index in [9.17, 15) is 13.2 Å². The van der Waals surface area contributed by atoms with Gasteiger partial charge in [0.15, 0.2) is 0 Å². The average Bonchev–Trinajstić information content (AvgIpc) is 2.98. The summed E-state index contributed by atoms with van der Waals surface area (Å²) in [6.45, 7) is 3.14. The molecule has 2 unspecified atom stereocenters. The highest BCUT2D eigenvalue weighted by atomic mass is 32.2. The lowest BCUT2D eigenvalue weighted by Gasteiger charge is -2.29. The number of nitrogens with zero attached hydrogens (tertiary/aromatic N) is 1. The van der Waals surface area contributed by atoms with Crippen LogP contribution < -0.4 is 15.8 Å². The molecule has 1 saturated carbocycles. The summed E-state index contributed by atoms with van der Waals surface area (Å²) in [7, 11) is -2.34. The van der Waals surface area contributed by atoms with Gasteiger partial charge in [0.2, 0.25) is 15.9 Å². The van der Waals surface area contributed by atoms with Crippen molar-refractivity contribution in [2.24, 2.45) is 17.6 Å². The minimum atomic E-state index is -3.94. The molecule has 7 nitrogen and oxygen atoms in total. The quantitative estimate of drug-likeness (QED) is 0.330. The van der Waals surface area contributed by atoms with Crippen LogP contribution in [0.2, 0.25) is 0 Å². The summed E-state index contributed by atoms with van der Waals surface area (Å²) in [5.41, 5.74) is 9.87. The molecule has 1 aliphatic rings. The van der Waals surface area contributed by atoms with Crippen LogP contribution in [0.5, 0.6) is 5.75 Å². The van der Waals surface area contributed by atoms with Crippen molar-refractivity contribution >= 4 is 15.9 Å². The summed E-state index contributed by atoms with van der Waals surface area (Å²) < 4.78 is 34.4. The second-order valence-electron chi connectivity index (χ2n) is 10.7. The third-order valence-corrected chi connectivity index (χ3v) is 9.76. The zero-order chi connectivity index (χ0) is 28.5. The van der Waals surface area contributed by atoms with Crippen LogP contribution in [-0.2, 0) is 21.2 Å². The number of methoxy groups -OCH3 is 1. The van der Waals surface area contributed by atoms with E-state index in [4.69, 9.17) is 10.5 Å². The van der Waals surface area contributed by atoms with Crippen molar-refractivity contribution in [2.45, 2.75) is 43.9 Å². The molecule has 0 aliphatic heterocycles. The molecule has 0 bridgehead atoms. The number of aryl methyl sites for hydroxylation is 1. The number of sulfonamides is 1. The summed E-state index contributed by atoms with van der Waals surface area (Å²) in [4.78, 5) is 13.2. The smallest absolute Gasteiger partial charge is 0.243 e. The molecule has 0 radical (unpaired) electrons. The summed E-state index contributed by atoms with van der Waals surface area (Å²) in [6, 6.07) is 22.4. The molecule has 1 amide bonds. The van der Waals surface area contributed by atoms with E-state index in [1.165, 1.54) is 4.31 Å². The molecule has 4 rings (SSSR count). The number of carbonyl (C=O) groups is 1. The molecule has 3 aromatic rings. The van der Waals surface area contributed by atoms with Gasteiger partial charge < -0.3 is 15.8 Å². The van der Waals surface area contributed by atoms with Crippen molar-refractivity contribution in [2.75, 3.05) is 33.3 Å². The predicted molar refractivity (Wildman–Crippen MR) is 160 cm³/mol. The molecule has 40 heavy (non-hydrogen) atoms. The zero-order valence-corrected chi connectivity index (χ0v) is 24.3. The van der Waals surface area contributed by atoms with E-state index < -0.39 is 10.0 Å². The van der Waals surface area contributed by atoms with E-state index in [0.29, 0.717) is 37.1 Å². The van der Waals surface area contributed by atoms with Crippen LogP contribution in [0, 0.1) is 18.8 Å². The molecule has 214 valence electrons. The van der Waals surface area contributed by atoms with Crippen LogP contribution in [-0.4, -0.2) is 51.9 Å². The van der Waals surface area contributed by atoms with Crippen LogP contribution in [0.15, 0.2) is 77.7 Å². The van der Waals surface area contributed by atoms with Gasteiger partial charge in [0.05, 0.1) is 18.6 Å². The molecule has 0 saturated heterocycles. The van der Waals surface area contributed by atoms with Gasteiger partial charge in [0.1, 0.15) is 5.75 Å². The SMILES string of the molecule is COc1ccccc1CCN(CC(=O)NCC1CCCC(CN)C1)S(=O)(=O)c1ccc(-c2ccccc2C)cc1. The second kappa shape index (κ2) is 13.9. The largest absolute Gasteiger partial charge is 0.496 e. The summed E-state index contributed by atoms with van der Waals surface area (Å²) in [5, 5.41) is 3.00. The van der Waals surface area contributed by atoms with Gasteiger partial charge in [0, 0.05) is 13.1 Å². The third kappa shape index (κ3) is 7.50. The van der Waals surface area contributed by atoms with Crippen LogP contribution >= 0.6 is 0 Å². The van der Waals surface area contributed by atoms with Gasteiger partial charge in [-0.1, -0.05) is 61.0 Å². The topological polar surface area (TPSA) is 102 Å². The molecule has 0 heterocycles. The summed E-state index contributed by atoms with van der Waals surface area (Å²) in [5.74, 6) is 1.27. The Hall–Kier alpha value is -3.20. The van der Waals surface area contributed by atoms with E-state index in [-0.39, 0.29) is 23.9 Å². The monoisotopic (exact) mass is 563 g/mol. The van der Waals surface area contributed by atoms with E-state index in [1.54, 1.807) is 19.2 Å². The highest BCUT2D eigenvalue weighted by molar-refractivity contribution is 7.89. The fourth-order valence-electron chi connectivity index (χ4n) is 5.57. The molecule has 3 aromatic carbocycles. The average molecular weight is 564 g/mol. The number of nitrogens with two attached hydrogens (primary N) is 1. The lowest BCUT2D eigenvalue weighted by atomic mass is 9.81. The lowest BCUT2D eigenvalue weighted by Crippen LogP contribution is -2.43. The summed E-state index contributed by atoms with van der Waals surface area (Å²) in [6.07, 6.45) is 4.72. The minimum absolute atomic E-state index is 0.147. The Bertz CT molecular complexity index is 1370. The molecular formula is C32H41N3O4S. The Balaban J connectivity index is 1.51. The van der Waals surface area contributed by atoms with Crippen LogP contribution in [0.3, 0.4) is 0 Å². The standard InChI is InChI=1S/C32H41N3O4S/c1-24-8-3-5-12-30(24)27-14-16-29(17-15-27)40(37,38)35(19-18-28-11-4-6-13-31(28)39-2)23-32(36)34-22-26-10-7-9-25(20-26)21-33/h3-6,8,11-17,25-26H,7,9-10,18-23,33H2,1-2H3,(H,34,36). The number of nitrogens with one attached hydrogen (secondary N) is 1. The van der Waals surface area contributed by atoms with Crippen molar-refractivity contribution < 1.29 is 17.9 Å². The highest BCUT2D eigenvalue weighted by Crippen LogP contribution is 2.28. The lowest BCUT2D eigenvalue weighted by molar-refractivity contribution is -0.121. The van der Waals surface area contributed by atoms with Gasteiger partial charge in [-0.15, -0.1) is 0 Å². The van der Waals surface area contributed by atoms with E-state index in [0.717, 1.165) is 47.9 Å². The molecule has 1 fully saturated rings. The number of amides is 1. The molecule has 8 heteroatoms. The Kier molecular flexibility index (Phi) is 10.4. The van der Waals surface area contributed by atoms with Crippen molar-refractivity contribution in [3.05, 3.63) is 83.9 Å². The fraction of sp³-hybridized carbons (Fsp3) is 0.406. The molecule has 3 N–H and O–H groups in total. The number of ether oxygens (including phenoxy) is 1. The van der Waals surface area contributed by atoms with Gasteiger partial charge in [-0.3, -0.25) is 4.79 Å². The Morgan fingerprint density at radius 1 is 1.00 bits per heavy atom. The van der Waals surface area contributed by atoms with E-state index in [2.05, 4.69) is 5.32 Å². The first-order valence-corrected chi connectivity index (χ1v) is 15.5. The second-order valence-corrected chi connectivity index (χ2v) is 12.6. The van der Waals surface area contributed by atoms with Gasteiger partial charge in [-0.05, 0) is 91.4 Å². The van der Waals surface area contributed by atoms with Crippen LogP contribution in [0.4, 0.5) is 0 Å². The first kappa shape index (κ1) is 29.8. The number of hydrogen-bond donors (Lipinski definition) is 2. The van der Waals surface area contributed by atoms with Gasteiger partial charge >= 0.3 is 0 Å². The van der Waals surface area contributed by atoms with E-state index >= 15 is 0 Å². The molecule has 0 spiro atoms. The molecular weight excluding hydrogens is 522 g/mol. The van der Waals surface area contributed by atoms with Crippen LogP contribution in [0.25, 0.3) is 11.1 Å². The number of hydrogen-bond acceptors (Lipinski definition) is 5. The van der Waals surface area contributed by atoms with Gasteiger partial charge in [-0.25, -0.2) is 8.42 Å². The maximum Gasteiger partial charge on any atom is 0.243 e. The molecule has 0 aromatic heterocycles. The molecule has 1 aliphatic carbocycles. The van der Waals surface area contributed by atoms with Gasteiger partial charge in [-0.2, -0.15) is 4.31 Å². The maximum absolute atomic E-state index is 13.8. The van der Waals surface area contributed by atoms with Crippen molar-refractivity contribution in [1.82, 2.24) is 9.62 Å². The highest BCUT2D eigenvalue weighted by Gasteiger charge is 2.28. The number of carbonyl (C=O) groups excluding carboxylic acids is 1. The fourth-order valence-corrected chi connectivity index (χ4v) is 6.96.